The van der Waals surface area contributed by atoms with E-state index in [9.17, 15) is 9.59 Å². The molecule has 0 aliphatic carbocycles. The SMILES string of the molecule is COC(=O)CC(C(=O)O)c1ccccc1C. The van der Waals surface area contributed by atoms with E-state index in [2.05, 4.69) is 4.74 Å². The Hall–Kier alpha value is -1.84. The van der Waals surface area contributed by atoms with Crippen LogP contribution in [0.5, 0.6) is 0 Å². The molecular formula is C12H14O4. The Labute approximate surface area is 93.9 Å². The van der Waals surface area contributed by atoms with Gasteiger partial charge >= 0.3 is 11.9 Å². The van der Waals surface area contributed by atoms with E-state index < -0.39 is 17.9 Å². The number of aliphatic carboxylic acids is 1. The molecule has 0 amide bonds. The lowest BCUT2D eigenvalue weighted by Gasteiger charge is -2.13. The normalized spacial score (nSPS) is 11.9. The molecule has 0 bridgehead atoms. The Kier molecular flexibility index (Phi) is 4.05. The van der Waals surface area contributed by atoms with Crippen LogP contribution in [0.3, 0.4) is 0 Å². The lowest BCUT2D eigenvalue weighted by atomic mass is 9.92. The zero-order valence-corrected chi connectivity index (χ0v) is 9.27. The average Bonchev–Trinajstić information content (AvgIpc) is 2.26. The van der Waals surface area contributed by atoms with Crippen LogP contribution in [0.1, 0.15) is 23.5 Å². The Morgan fingerprint density at radius 2 is 2.00 bits per heavy atom. The molecule has 4 heteroatoms. The third-order valence-electron chi connectivity index (χ3n) is 2.46. The van der Waals surface area contributed by atoms with E-state index in [1.54, 1.807) is 12.1 Å². The quantitative estimate of drug-likeness (QED) is 0.788. The molecule has 0 aliphatic heterocycles. The van der Waals surface area contributed by atoms with Gasteiger partial charge < -0.3 is 9.84 Å². The maximum atomic E-state index is 11.1. The van der Waals surface area contributed by atoms with Gasteiger partial charge in [0, 0.05) is 0 Å². The number of hydrogen-bond donors (Lipinski definition) is 1. The first-order valence-corrected chi connectivity index (χ1v) is 4.91. The highest BCUT2D eigenvalue weighted by atomic mass is 16.5. The van der Waals surface area contributed by atoms with E-state index in [1.165, 1.54) is 7.11 Å². The largest absolute Gasteiger partial charge is 0.481 e. The van der Waals surface area contributed by atoms with Gasteiger partial charge in [-0.15, -0.1) is 0 Å². The van der Waals surface area contributed by atoms with Crippen molar-refractivity contribution in [3.63, 3.8) is 0 Å². The predicted octanol–water partition coefficient (Wildman–Crippen LogP) is 1.73. The molecule has 0 aliphatic rings. The first-order chi connectivity index (χ1) is 7.56. The third kappa shape index (κ3) is 2.82. The highest BCUT2D eigenvalue weighted by molar-refractivity contribution is 5.83. The van der Waals surface area contributed by atoms with Crippen LogP contribution in [-0.4, -0.2) is 24.2 Å². The number of carbonyl (C=O) groups is 2. The van der Waals surface area contributed by atoms with E-state index in [4.69, 9.17) is 5.11 Å². The zero-order chi connectivity index (χ0) is 12.1. The number of rotatable bonds is 4. The van der Waals surface area contributed by atoms with Crippen molar-refractivity contribution in [2.24, 2.45) is 0 Å². The van der Waals surface area contributed by atoms with Crippen LogP contribution in [0.2, 0.25) is 0 Å². The Bertz CT molecular complexity index is 398. The molecule has 0 spiro atoms. The summed E-state index contributed by atoms with van der Waals surface area (Å²) in [6.45, 7) is 1.82. The van der Waals surface area contributed by atoms with Crippen LogP contribution in [0.15, 0.2) is 24.3 Å². The second kappa shape index (κ2) is 5.30. The second-order valence-corrected chi connectivity index (χ2v) is 3.53. The third-order valence-corrected chi connectivity index (χ3v) is 2.46. The molecule has 16 heavy (non-hydrogen) atoms. The van der Waals surface area contributed by atoms with Crippen LogP contribution in [0.4, 0.5) is 0 Å². The lowest BCUT2D eigenvalue weighted by Crippen LogP contribution is -2.17. The van der Waals surface area contributed by atoms with Crippen LogP contribution in [0.25, 0.3) is 0 Å². The number of carboxylic acid groups (broad SMARTS) is 1. The van der Waals surface area contributed by atoms with Crippen LogP contribution in [-0.2, 0) is 14.3 Å². The predicted molar refractivity (Wildman–Crippen MR) is 58.2 cm³/mol. The molecule has 1 rings (SSSR count). The van der Waals surface area contributed by atoms with E-state index in [-0.39, 0.29) is 6.42 Å². The molecule has 0 radical (unpaired) electrons. The summed E-state index contributed by atoms with van der Waals surface area (Å²) in [5, 5.41) is 9.09. The van der Waals surface area contributed by atoms with Crippen molar-refractivity contribution < 1.29 is 19.4 Å². The fraction of sp³-hybridized carbons (Fsp3) is 0.333. The molecule has 1 N–H and O–H groups in total. The summed E-state index contributed by atoms with van der Waals surface area (Å²) in [4.78, 5) is 22.2. The summed E-state index contributed by atoms with van der Waals surface area (Å²) >= 11 is 0. The molecular weight excluding hydrogens is 208 g/mol. The standard InChI is InChI=1S/C12H14O4/c1-8-5-3-4-6-9(8)10(12(14)15)7-11(13)16-2/h3-6,10H,7H2,1-2H3,(H,14,15). The number of carboxylic acids is 1. The molecule has 0 heterocycles. The maximum Gasteiger partial charge on any atom is 0.311 e. The Morgan fingerprint density at radius 3 is 2.50 bits per heavy atom. The first-order valence-electron chi connectivity index (χ1n) is 4.91. The molecule has 1 atom stereocenters. The van der Waals surface area contributed by atoms with Crippen LogP contribution < -0.4 is 0 Å². The number of ether oxygens (including phenoxy) is 1. The smallest absolute Gasteiger partial charge is 0.311 e. The van der Waals surface area contributed by atoms with Crippen LogP contribution >= 0.6 is 0 Å². The van der Waals surface area contributed by atoms with Gasteiger partial charge in [-0.3, -0.25) is 9.59 Å². The summed E-state index contributed by atoms with van der Waals surface area (Å²) in [6.07, 6.45) is -0.142. The van der Waals surface area contributed by atoms with Crippen molar-refractivity contribution >= 4 is 11.9 Å². The van der Waals surface area contributed by atoms with Gasteiger partial charge in [-0.2, -0.15) is 0 Å². The molecule has 86 valence electrons. The molecule has 0 fully saturated rings. The van der Waals surface area contributed by atoms with Gasteiger partial charge in [0.2, 0.25) is 0 Å². The second-order valence-electron chi connectivity index (χ2n) is 3.53. The molecule has 4 nitrogen and oxygen atoms in total. The maximum absolute atomic E-state index is 11.1. The molecule has 0 aromatic heterocycles. The van der Waals surface area contributed by atoms with E-state index in [1.807, 2.05) is 19.1 Å². The van der Waals surface area contributed by atoms with Crippen molar-refractivity contribution in [1.82, 2.24) is 0 Å². The van der Waals surface area contributed by atoms with Gasteiger partial charge in [-0.1, -0.05) is 24.3 Å². The number of benzene rings is 1. The van der Waals surface area contributed by atoms with Gasteiger partial charge in [0.1, 0.15) is 0 Å². The van der Waals surface area contributed by atoms with Gasteiger partial charge in [0.05, 0.1) is 19.4 Å². The average molecular weight is 222 g/mol. The van der Waals surface area contributed by atoms with Crippen molar-refractivity contribution in [3.05, 3.63) is 35.4 Å². The topological polar surface area (TPSA) is 63.6 Å². The van der Waals surface area contributed by atoms with Gasteiger partial charge in [0.15, 0.2) is 0 Å². The van der Waals surface area contributed by atoms with Gasteiger partial charge in [-0.05, 0) is 18.1 Å². The first kappa shape index (κ1) is 12.2. The number of methoxy groups -OCH3 is 1. The Morgan fingerprint density at radius 1 is 1.38 bits per heavy atom. The molecule has 0 saturated carbocycles. The van der Waals surface area contributed by atoms with Crippen molar-refractivity contribution in [2.45, 2.75) is 19.3 Å². The van der Waals surface area contributed by atoms with Crippen molar-refractivity contribution in [2.75, 3.05) is 7.11 Å². The summed E-state index contributed by atoms with van der Waals surface area (Å²) in [5.74, 6) is -2.37. The summed E-state index contributed by atoms with van der Waals surface area (Å²) in [7, 11) is 1.25. The summed E-state index contributed by atoms with van der Waals surface area (Å²) < 4.78 is 4.49. The van der Waals surface area contributed by atoms with E-state index in [0.29, 0.717) is 5.56 Å². The minimum Gasteiger partial charge on any atom is -0.481 e. The number of hydrogen-bond acceptors (Lipinski definition) is 3. The number of aryl methyl sites for hydroxylation is 1. The Balaban J connectivity index is 2.99. The fourth-order valence-corrected chi connectivity index (χ4v) is 1.56. The fourth-order valence-electron chi connectivity index (χ4n) is 1.56. The van der Waals surface area contributed by atoms with E-state index in [0.717, 1.165) is 5.56 Å². The summed E-state index contributed by atoms with van der Waals surface area (Å²) in [6, 6.07) is 7.13. The van der Waals surface area contributed by atoms with Gasteiger partial charge in [-0.25, -0.2) is 0 Å². The number of esters is 1. The van der Waals surface area contributed by atoms with Gasteiger partial charge in [0.25, 0.3) is 0 Å². The molecule has 0 saturated heterocycles. The molecule has 1 aromatic rings. The van der Waals surface area contributed by atoms with E-state index >= 15 is 0 Å². The van der Waals surface area contributed by atoms with Crippen molar-refractivity contribution in [3.8, 4) is 0 Å². The highest BCUT2D eigenvalue weighted by Gasteiger charge is 2.24. The van der Waals surface area contributed by atoms with Crippen LogP contribution in [0, 0.1) is 6.92 Å². The minimum atomic E-state index is -1.01. The van der Waals surface area contributed by atoms with Crippen molar-refractivity contribution in [1.29, 1.82) is 0 Å². The lowest BCUT2D eigenvalue weighted by molar-refractivity contribution is -0.147. The molecule has 1 aromatic carbocycles. The minimum absolute atomic E-state index is 0.142. The monoisotopic (exact) mass is 222 g/mol. The highest BCUT2D eigenvalue weighted by Crippen LogP contribution is 2.23. The number of carbonyl (C=O) groups excluding carboxylic acids is 1. The zero-order valence-electron chi connectivity index (χ0n) is 9.27. The summed E-state index contributed by atoms with van der Waals surface area (Å²) in [5.41, 5.74) is 1.51. The molecule has 1 unspecified atom stereocenters.